The SMILES string of the molecule is COc1ccc(-c2c[nH]c3ncc(-c4cn(C5CCN(C)CC5)nc4OC)cc23)cn1. The van der Waals surface area contributed by atoms with Gasteiger partial charge in [0.05, 0.1) is 25.8 Å². The van der Waals surface area contributed by atoms with Crippen LogP contribution in [0.4, 0.5) is 0 Å². The first-order chi connectivity index (χ1) is 15.2. The van der Waals surface area contributed by atoms with Crippen LogP contribution in [0.25, 0.3) is 33.3 Å². The molecule has 1 aliphatic heterocycles. The van der Waals surface area contributed by atoms with Gasteiger partial charge in [0.25, 0.3) is 0 Å². The highest BCUT2D eigenvalue weighted by molar-refractivity contribution is 5.95. The van der Waals surface area contributed by atoms with Gasteiger partial charge in [-0.05, 0) is 45.1 Å². The Morgan fingerprint density at radius 3 is 2.52 bits per heavy atom. The lowest BCUT2D eigenvalue weighted by molar-refractivity contribution is 0.210. The third-order valence-electron chi connectivity index (χ3n) is 6.05. The number of nitrogens with one attached hydrogen (secondary N) is 1. The van der Waals surface area contributed by atoms with Crippen LogP contribution in [0.15, 0.2) is 43.0 Å². The van der Waals surface area contributed by atoms with E-state index in [2.05, 4.69) is 43.8 Å². The Kier molecular flexibility index (Phi) is 5.07. The highest BCUT2D eigenvalue weighted by Gasteiger charge is 2.22. The number of pyridine rings is 2. The maximum atomic E-state index is 5.62. The molecular formula is C23H26N6O2. The van der Waals surface area contributed by atoms with Crippen LogP contribution in [0.2, 0.25) is 0 Å². The molecule has 0 spiro atoms. The van der Waals surface area contributed by atoms with Crippen molar-refractivity contribution < 1.29 is 9.47 Å². The molecule has 5 rings (SSSR count). The van der Waals surface area contributed by atoms with Crippen molar-refractivity contribution in [2.45, 2.75) is 18.9 Å². The summed E-state index contributed by atoms with van der Waals surface area (Å²) < 4.78 is 12.9. The molecule has 31 heavy (non-hydrogen) atoms. The average Bonchev–Trinajstić information content (AvgIpc) is 3.43. The number of methoxy groups -OCH3 is 2. The highest BCUT2D eigenvalue weighted by atomic mass is 16.5. The first-order valence-corrected chi connectivity index (χ1v) is 10.5. The van der Waals surface area contributed by atoms with Crippen molar-refractivity contribution in [1.82, 2.24) is 29.6 Å². The Labute approximate surface area is 180 Å². The number of hydrogen-bond acceptors (Lipinski definition) is 6. The molecule has 1 N–H and O–H groups in total. The number of ether oxygens (including phenoxy) is 2. The molecule has 0 aromatic carbocycles. The highest BCUT2D eigenvalue weighted by Crippen LogP contribution is 2.35. The predicted octanol–water partition coefficient (Wildman–Crippen LogP) is 3.77. The molecule has 1 fully saturated rings. The maximum absolute atomic E-state index is 5.62. The molecule has 0 saturated carbocycles. The number of H-pyrrole nitrogens is 1. The van der Waals surface area contributed by atoms with E-state index in [4.69, 9.17) is 14.6 Å². The molecule has 0 unspecified atom stereocenters. The Morgan fingerprint density at radius 2 is 1.81 bits per heavy atom. The lowest BCUT2D eigenvalue weighted by Gasteiger charge is -2.28. The number of nitrogens with zero attached hydrogens (tertiary/aromatic N) is 5. The van der Waals surface area contributed by atoms with Gasteiger partial charge in [0.1, 0.15) is 5.65 Å². The maximum Gasteiger partial charge on any atom is 0.240 e. The van der Waals surface area contributed by atoms with Crippen LogP contribution in [0.5, 0.6) is 11.8 Å². The summed E-state index contributed by atoms with van der Waals surface area (Å²) in [6.07, 6.45) is 9.91. The van der Waals surface area contributed by atoms with Crippen molar-refractivity contribution in [3.8, 4) is 34.0 Å². The topological polar surface area (TPSA) is 81.1 Å². The Bertz CT molecular complexity index is 1190. The van der Waals surface area contributed by atoms with Crippen molar-refractivity contribution in [2.75, 3.05) is 34.4 Å². The zero-order valence-electron chi connectivity index (χ0n) is 18.0. The van der Waals surface area contributed by atoms with Crippen LogP contribution < -0.4 is 9.47 Å². The molecule has 160 valence electrons. The zero-order valence-corrected chi connectivity index (χ0v) is 18.0. The molecule has 4 aromatic rings. The molecule has 0 atom stereocenters. The van der Waals surface area contributed by atoms with Crippen molar-refractivity contribution in [1.29, 1.82) is 0 Å². The molecule has 8 heteroatoms. The second-order valence-corrected chi connectivity index (χ2v) is 7.98. The summed E-state index contributed by atoms with van der Waals surface area (Å²) in [4.78, 5) is 14.6. The van der Waals surface area contributed by atoms with Gasteiger partial charge in [-0.3, -0.25) is 4.68 Å². The smallest absolute Gasteiger partial charge is 0.240 e. The van der Waals surface area contributed by atoms with E-state index in [1.807, 2.05) is 30.7 Å². The first-order valence-electron chi connectivity index (χ1n) is 10.5. The molecule has 0 bridgehead atoms. The van der Waals surface area contributed by atoms with Crippen LogP contribution in [0.1, 0.15) is 18.9 Å². The minimum Gasteiger partial charge on any atom is -0.481 e. The molecule has 5 heterocycles. The molecule has 0 aliphatic carbocycles. The predicted molar refractivity (Wildman–Crippen MR) is 119 cm³/mol. The molecule has 1 saturated heterocycles. The summed E-state index contributed by atoms with van der Waals surface area (Å²) in [5.74, 6) is 1.22. The Balaban J connectivity index is 1.53. The largest absolute Gasteiger partial charge is 0.481 e. The van der Waals surface area contributed by atoms with E-state index in [0.717, 1.165) is 59.2 Å². The van der Waals surface area contributed by atoms with Crippen LogP contribution in [0.3, 0.4) is 0 Å². The minimum absolute atomic E-state index is 0.392. The third-order valence-corrected chi connectivity index (χ3v) is 6.05. The van der Waals surface area contributed by atoms with E-state index >= 15 is 0 Å². The number of aromatic amines is 1. The fourth-order valence-corrected chi connectivity index (χ4v) is 4.22. The minimum atomic E-state index is 0.392. The van der Waals surface area contributed by atoms with Crippen molar-refractivity contribution >= 4 is 11.0 Å². The molecular weight excluding hydrogens is 392 g/mol. The summed E-state index contributed by atoms with van der Waals surface area (Å²) in [7, 11) is 5.45. The van der Waals surface area contributed by atoms with Gasteiger partial charge in [0.15, 0.2) is 0 Å². The number of fused-ring (bicyclic) bond motifs is 1. The number of hydrogen-bond donors (Lipinski definition) is 1. The van der Waals surface area contributed by atoms with Gasteiger partial charge < -0.3 is 19.4 Å². The van der Waals surface area contributed by atoms with Gasteiger partial charge in [-0.15, -0.1) is 5.10 Å². The fraction of sp³-hybridized carbons (Fsp3) is 0.348. The van der Waals surface area contributed by atoms with E-state index in [9.17, 15) is 0 Å². The molecule has 0 radical (unpaired) electrons. The van der Waals surface area contributed by atoms with Crippen molar-refractivity contribution in [3.05, 3.63) is 43.0 Å². The fourth-order valence-electron chi connectivity index (χ4n) is 4.22. The van der Waals surface area contributed by atoms with Crippen molar-refractivity contribution in [3.63, 3.8) is 0 Å². The normalized spacial score (nSPS) is 15.5. The lowest BCUT2D eigenvalue weighted by Crippen LogP contribution is -2.31. The average molecular weight is 419 g/mol. The lowest BCUT2D eigenvalue weighted by atomic mass is 10.0. The van der Waals surface area contributed by atoms with E-state index in [-0.39, 0.29) is 0 Å². The van der Waals surface area contributed by atoms with Gasteiger partial charge in [0.2, 0.25) is 11.8 Å². The number of likely N-dealkylation sites (tertiary alicyclic amines) is 1. The van der Waals surface area contributed by atoms with Crippen LogP contribution in [0, 0.1) is 0 Å². The van der Waals surface area contributed by atoms with Gasteiger partial charge in [-0.2, -0.15) is 0 Å². The Hall–Kier alpha value is -3.39. The second-order valence-electron chi connectivity index (χ2n) is 7.98. The second kappa shape index (κ2) is 8.03. The summed E-state index contributed by atoms with van der Waals surface area (Å²) in [5, 5.41) is 5.76. The summed E-state index contributed by atoms with van der Waals surface area (Å²) in [5.41, 5.74) is 4.80. The zero-order chi connectivity index (χ0) is 21.4. The summed E-state index contributed by atoms with van der Waals surface area (Å²) in [6.45, 7) is 2.16. The van der Waals surface area contributed by atoms with E-state index < -0.39 is 0 Å². The van der Waals surface area contributed by atoms with Crippen LogP contribution in [-0.2, 0) is 0 Å². The summed E-state index contributed by atoms with van der Waals surface area (Å²) in [6, 6.07) is 6.39. The first kappa shape index (κ1) is 19.6. The molecule has 4 aromatic heterocycles. The number of rotatable bonds is 5. The quantitative estimate of drug-likeness (QED) is 0.531. The molecule has 1 aliphatic rings. The number of piperidine rings is 1. The monoisotopic (exact) mass is 418 g/mol. The van der Waals surface area contributed by atoms with E-state index in [0.29, 0.717) is 17.8 Å². The van der Waals surface area contributed by atoms with E-state index in [1.54, 1.807) is 14.2 Å². The molecule has 0 amide bonds. The third kappa shape index (κ3) is 3.63. The summed E-state index contributed by atoms with van der Waals surface area (Å²) >= 11 is 0. The van der Waals surface area contributed by atoms with Crippen molar-refractivity contribution in [2.24, 2.45) is 0 Å². The van der Waals surface area contributed by atoms with Gasteiger partial charge in [0, 0.05) is 52.9 Å². The van der Waals surface area contributed by atoms with Crippen LogP contribution in [-0.4, -0.2) is 64.0 Å². The number of aromatic nitrogens is 5. The standard InChI is InChI=1S/C23H26N6O2/c1-28-8-6-17(7-9-28)29-14-20(23(27-29)31-3)16-10-18-19(13-26-22(18)25-12-16)15-4-5-21(30-2)24-11-15/h4-5,10-14,17H,6-9H2,1-3H3,(H,25,26). The van der Waals surface area contributed by atoms with E-state index in [1.165, 1.54) is 0 Å². The Morgan fingerprint density at radius 1 is 1.00 bits per heavy atom. The van der Waals surface area contributed by atoms with Gasteiger partial charge >= 0.3 is 0 Å². The van der Waals surface area contributed by atoms with Crippen LogP contribution >= 0.6 is 0 Å². The van der Waals surface area contributed by atoms with Gasteiger partial charge in [-0.1, -0.05) is 0 Å². The molecule has 8 nitrogen and oxygen atoms in total. The van der Waals surface area contributed by atoms with Gasteiger partial charge in [-0.25, -0.2) is 9.97 Å².